The number of unbranched alkanes of at least 4 members (excludes halogenated alkanes) is 1. The van der Waals surface area contributed by atoms with Crippen LogP contribution in [0.3, 0.4) is 0 Å². The van der Waals surface area contributed by atoms with E-state index in [1.165, 1.54) is 0 Å². The molecule has 400 valence electrons. The van der Waals surface area contributed by atoms with Crippen molar-refractivity contribution >= 4 is 55.4 Å². The lowest BCUT2D eigenvalue weighted by Crippen LogP contribution is -2.46. The van der Waals surface area contributed by atoms with E-state index in [0.717, 1.165) is 45.8 Å². The number of cyclic esters (lactones) is 2. The first-order valence-corrected chi connectivity index (χ1v) is 26.2. The molecule has 4 atom stereocenters. The average molecular weight is 1080 g/mol. The zero-order valence-electron chi connectivity index (χ0n) is 39.8. The minimum Gasteiger partial charge on any atom is -0.756 e. The number of nitrogens with zero attached hydrogens (tertiary/aromatic N) is 4. The van der Waals surface area contributed by atoms with E-state index < -0.39 is 64.4 Å². The number of pyridine rings is 4. The van der Waals surface area contributed by atoms with E-state index in [2.05, 4.69) is 9.05 Å². The number of para-hydroxylation sites is 2. The summed E-state index contributed by atoms with van der Waals surface area (Å²) in [5, 5.41) is 11.9. The lowest BCUT2D eigenvalue weighted by molar-refractivity contribution is -0.307. The van der Waals surface area contributed by atoms with Crippen LogP contribution in [0.25, 0.3) is 44.6 Å². The van der Waals surface area contributed by atoms with Gasteiger partial charge in [0.25, 0.3) is 18.9 Å². The van der Waals surface area contributed by atoms with Gasteiger partial charge in [0.1, 0.15) is 13.2 Å². The van der Waals surface area contributed by atoms with Gasteiger partial charge in [-0.3, -0.25) is 23.2 Å². The number of hydrogen-bond acceptors (Lipinski definition) is 19. The minimum atomic E-state index is -5.07. The lowest BCUT2D eigenvalue weighted by Gasteiger charge is -2.36. The molecule has 4 aliphatic rings. The van der Waals surface area contributed by atoms with Crippen LogP contribution in [-0.2, 0) is 89.0 Å². The highest BCUT2D eigenvalue weighted by atomic mass is 31.2. The van der Waals surface area contributed by atoms with Crippen molar-refractivity contribution in [2.45, 2.75) is 96.9 Å². The Morgan fingerprint density at radius 1 is 0.747 bits per heavy atom. The van der Waals surface area contributed by atoms with Gasteiger partial charge in [0, 0.05) is 39.1 Å². The molecule has 7 N–H and O–H groups in total. The van der Waals surface area contributed by atoms with Crippen LogP contribution in [-0.4, -0.2) is 77.9 Å². The molecule has 2 unspecified atom stereocenters. The van der Waals surface area contributed by atoms with Gasteiger partial charge >= 0.3 is 19.8 Å². The van der Waals surface area contributed by atoms with Crippen LogP contribution < -0.4 is 32.6 Å². The summed E-state index contributed by atoms with van der Waals surface area (Å²) in [6.07, 6.45) is 2.13. The monoisotopic (exact) mass is 1080 g/mol. The van der Waals surface area contributed by atoms with Gasteiger partial charge in [-0.15, -0.1) is 0 Å². The number of ether oxygens (including phenoxy) is 4. The normalized spacial score (nSPS) is 18.9. The van der Waals surface area contributed by atoms with Gasteiger partial charge < -0.3 is 69.0 Å². The smallest absolute Gasteiger partial charge is 0.471 e. The highest BCUT2D eigenvalue weighted by molar-refractivity contribution is 7.46. The van der Waals surface area contributed by atoms with Crippen molar-refractivity contribution in [3.8, 4) is 22.8 Å². The Morgan fingerprint density at radius 3 is 1.59 bits per heavy atom. The van der Waals surface area contributed by atoms with Gasteiger partial charge in [-0.25, -0.2) is 24.1 Å². The minimum absolute atomic E-state index is 0. The van der Waals surface area contributed by atoms with Gasteiger partial charge in [0.05, 0.1) is 64.0 Å². The van der Waals surface area contributed by atoms with Crippen LogP contribution in [0.1, 0.15) is 86.8 Å². The molecule has 0 bridgehead atoms. The summed E-state index contributed by atoms with van der Waals surface area (Å²) >= 11 is 0. The number of aliphatic carboxylic acids is 1. The number of fused-ring (bicyclic) bond motifs is 10. The molecular formula is C49H54N6O18P2-2. The second-order valence-electron chi connectivity index (χ2n) is 17.5. The van der Waals surface area contributed by atoms with Crippen LogP contribution in [0, 0.1) is 0 Å². The van der Waals surface area contributed by atoms with Crippen molar-refractivity contribution in [2.75, 3.05) is 20.1 Å². The number of phosphoric acid groups is 2. The van der Waals surface area contributed by atoms with Gasteiger partial charge in [0.2, 0.25) is 0 Å². The fourth-order valence-corrected chi connectivity index (χ4v) is 9.70. The van der Waals surface area contributed by atoms with Crippen molar-refractivity contribution in [3.63, 3.8) is 0 Å². The highest BCUT2D eigenvalue weighted by Gasteiger charge is 2.50. The number of carbonyl (C=O) groups excluding carboxylic acids is 3. The van der Waals surface area contributed by atoms with Crippen molar-refractivity contribution < 1.29 is 76.2 Å². The third-order valence-electron chi connectivity index (χ3n) is 13.1. The van der Waals surface area contributed by atoms with E-state index in [9.17, 15) is 43.1 Å². The molecule has 10 rings (SSSR count). The van der Waals surface area contributed by atoms with Gasteiger partial charge in [0.15, 0.2) is 24.8 Å². The fraction of sp³-hybridized carbons (Fsp3) is 0.367. The Hall–Kier alpha value is -6.37. The Morgan fingerprint density at radius 2 is 1.19 bits per heavy atom. The first-order valence-electron chi connectivity index (χ1n) is 23.1. The van der Waals surface area contributed by atoms with E-state index in [1.807, 2.05) is 60.7 Å². The summed E-state index contributed by atoms with van der Waals surface area (Å²) in [5.74, 6) is -2.71. The number of carbonyl (C=O) groups is 3. The summed E-state index contributed by atoms with van der Waals surface area (Å²) < 4.78 is 55.3. The Labute approximate surface area is 427 Å². The Kier molecular flexibility index (Phi) is 16.9. The molecule has 6 aromatic rings. The van der Waals surface area contributed by atoms with Crippen molar-refractivity contribution in [1.82, 2.24) is 19.1 Å². The van der Waals surface area contributed by atoms with Gasteiger partial charge in [-0.1, -0.05) is 64.1 Å². The van der Waals surface area contributed by atoms with E-state index >= 15 is 0 Å². The van der Waals surface area contributed by atoms with E-state index in [1.54, 1.807) is 35.1 Å². The number of carboxylic acid groups (broad SMARTS) is 1. The number of rotatable bonds is 15. The number of hydrogen-bond donors (Lipinski definition) is 5. The third-order valence-corrected chi connectivity index (χ3v) is 14.0. The summed E-state index contributed by atoms with van der Waals surface area (Å²) in [7, 11) is -9.89. The number of benzene rings is 2. The molecule has 0 aliphatic carbocycles. The molecule has 75 heavy (non-hydrogen) atoms. The molecule has 4 aliphatic heterocycles. The first kappa shape index (κ1) is 56.4. The molecular weight excluding hydrogens is 1020 g/mol. The molecule has 24 nitrogen and oxygen atoms in total. The fourth-order valence-electron chi connectivity index (χ4n) is 9.32. The molecule has 0 radical (unpaired) electrons. The summed E-state index contributed by atoms with van der Waals surface area (Å²) in [6.45, 7) is 2.31. The number of aromatic nitrogens is 4. The molecule has 8 heterocycles. The second-order valence-corrected chi connectivity index (χ2v) is 19.9. The molecule has 2 aromatic carbocycles. The standard InChI is InChI=1S/2C21H19N2O8P.C6H14N2O2.CH4/c2*1-2-21(30-11-31-32(26,27)28)15-8-17-18-13(7-12-5-3-4-6-16(12)22-18)9-23(17)19(24)14(15)10-29-20(21)25;7-4-2-1-3-5(8)6(9)10;/h2*3-8H,2,9-11H2,1H3,(H2,26,27,28);5H,1-4,7-8H2,(H,9,10);1H4/p-2/t2*21-;;/m00../s1. The maximum Gasteiger partial charge on any atom is 0.471 e. The zero-order chi connectivity index (χ0) is 53.3. The van der Waals surface area contributed by atoms with Gasteiger partial charge in [-0.2, -0.15) is 0 Å². The molecule has 0 fully saturated rings. The molecule has 0 saturated carbocycles. The average Bonchev–Trinajstić information content (AvgIpc) is 3.91. The summed E-state index contributed by atoms with van der Waals surface area (Å²) in [4.78, 5) is 109. The first-order chi connectivity index (χ1) is 35.1. The van der Waals surface area contributed by atoms with Crippen molar-refractivity contribution in [1.29, 1.82) is 0 Å². The highest BCUT2D eigenvalue weighted by Crippen LogP contribution is 2.44. The second kappa shape index (κ2) is 22.5. The number of esters is 2. The van der Waals surface area contributed by atoms with Crippen LogP contribution in [0.2, 0.25) is 0 Å². The topological polar surface area (TPSA) is 369 Å². The van der Waals surface area contributed by atoms with Crippen LogP contribution >= 0.6 is 15.6 Å². The molecule has 0 spiro atoms. The van der Waals surface area contributed by atoms with Crippen LogP contribution in [0.5, 0.6) is 0 Å². The summed E-state index contributed by atoms with van der Waals surface area (Å²) in [6, 6.07) is 21.7. The lowest BCUT2D eigenvalue weighted by atomic mass is 9.85. The third kappa shape index (κ3) is 11.3. The van der Waals surface area contributed by atoms with E-state index in [0.29, 0.717) is 54.4 Å². The number of phosphoric ester groups is 2. The molecule has 0 saturated heterocycles. The number of carboxylic acids is 1. The Bertz CT molecular complexity index is 3220. The largest absolute Gasteiger partial charge is 0.756 e. The maximum atomic E-state index is 13.3. The van der Waals surface area contributed by atoms with Crippen molar-refractivity contribution in [2.24, 2.45) is 11.5 Å². The SMILES string of the molecule is C.CC[C@@]1(OCOP(=O)(O)O)C(=O)OCc2c1cc1n(c2=O)Cc2cc3ccccc3nc2-1.CC[C@@]1(OCOP(=O)([O-])O)C(=O)OCc2c1cc1n(c2=O)Cc2cc3ccccc3nc2-1.NCCCCC(N)C(=O)[O-]. The molecule has 4 aromatic heterocycles. The molecule has 0 amide bonds. The van der Waals surface area contributed by atoms with Gasteiger partial charge in [-0.05, 0) is 68.6 Å². The maximum absolute atomic E-state index is 13.3. The van der Waals surface area contributed by atoms with Crippen molar-refractivity contribution in [3.05, 3.63) is 127 Å². The number of nitrogens with two attached hydrogens (primary N) is 2. The molecule has 26 heteroatoms. The predicted octanol–water partition coefficient (Wildman–Crippen LogP) is 2.54. The van der Waals surface area contributed by atoms with E-state index in [4.69, 9.17) is 55.1 Å². The van der Waals surface area contributed by atoms with E-state index in [-0.39, 0.29) is 61.3 Å². The summed E-state index contributed by atoms with van der Waals surface area (Å²) in [5.41, 5.74) is 12.9. The quantitative estimate of drug-likeness (QED) is 0.0426. The zero-order valence-corrected chi connectivity index (χ0v) is 41.6. The predicted molar refractivity (Wildman–Crippen MR) is 263 cm³/mol. The van der Waals surface area contributed by atoms with Crippen LogP contribution in [0.4, 0.5) is 0 Å². The van der Waals surface area contributed by atoms with Crippen LogP contribution in [0.15, 0.2) is 82.4 Å². The Balaban J connectivity index is 0.000000184.